The molecule has 0 saturated carbocycles. The molecule has 1 aliphatic rings. The van der Waals surface area contributed by atoms with E-state index >= 15 is 0 Å². The van der Waals surface area contributed by atoms with Gasteiger partial charge in [-0.1, -0.05) is 0 Å². The van der Waals surface area contributed by atoms with Gasteiger partial charge in [0.05, 0.1) is 6.54 Å². The number of carboxylic acid groups (broad SMARTS) is 1. The average molecular weight is 289 g/mol. The van der Waals surface area contributed by atoms with Crippen molar-refractivity contribution in [2.24, 2.45) is 0 Å². The largest absolute Gasteiger partial charge is 0.480 e. The van der Waals surface area contributed by atoms with Gasteiger partial charge in [-0.2, -0.15) is 11.8 Å². The number of thioether (sulfide) groups is 1. The first-order valence-electron chi connectivity index (χ1n) is 6.40. The summed E-state index contributed by atoms with van der Waals surface area (Å²) in [5, 5.41) is 8.73. The third-order valence-corrected chi connectivity index (χ3v) is 4.19. The minimum atomic E-state index is -0.814. The molecular weight excluding hydrogens is 266 g/mol. The Hall–Kier alpha value is -0.950. The second-order valence-electron chi connectivity index (χ2n) is 4.85. The highest BCUT2D eigenvalue weighted by Gasteiger charge is 2.26. The van der Waals surface area contributed by atoms with E-state index in [-0.39, 0.29) is 18.6 Å². The Labute approximate surface area is 118 Å². The first-order valence-corrected chi connectivity index (χ1v) is 7.80. The van der Waals surface area contributed by atoms with Crippen molar-refractivity contribution in [3.8, 4) is 0 Å². The van der Waals surface area contributed by atoms with Crippen LogP contribution in [0.3, 0.4) is 0 Å². The van der Waals surface area contributed by atoms with Crippen LogP contribution in [-0.4, -0.2) is 89.6 Å². The fraction of sp³-hybridized carbons (Fsp3) is 0.833. The summed E-state index contributed by atoms with van der Waals surface area (Å²) in [6.45, 7) is 4.55. The molecule has 110 valence electrons. The van der Waals surface area contributed by atoms with Gasteiger partial charge in [-0.05, 0) is 13.2 Å². The van der Waals surface area contributed by atoms with E-state index in [1.807, 2.05) is 25.1 Å². The molecule has 1 rings (SSSR count). The van der Waals surface area contributed by atoms with Crippen LogP contribution >= 0.6 is 11.8 Å². The Balaban J connectivity index is 2.42. The number of amides is 2. The van der Waals surface area contributed by atoms with Crippen molar-refractivity contribution in [2.75, 3.05) is 51.8 Å². The maximum absolute atomic E-state index is 12.3. The SMILES string of the molecule is CSCC(C)N(C)C(=O)N1CCN(CC(=O)O)CC1. The normalized spacial score (nSPS) is 18.2. The maximum atomic E-state index is 12.3. The van der Waals surface area contributed by atoms with Crippen LogP contribution in [0, 0.1) is 0 Å². The number of carboxylic acids is 1. The van der Waals surface area contributed by atoms with Crippen molar-refractivity contribution in [3.63, 3.8) is 0 Å². The monoisotopic (exact) mass is 289 g/mol. The Kier molecular flexibility index (Phi) is 6.44. The van der Waals surface area contributed by atoms with Crippen molar-refractivity contribution in [1.82, 2.24) is 14.7 Å². The van der Waals surface area contributed by atoms with Gasteiger partial charge in [0.25, 0.3) is 0 Å². The molecule has 19 heavy (non-hydrogen) atoms. The van der Waals surface area contributed by atoms with Crippen molar-refractivity contribution >= 4 is 23.8 Å². The molecule has 6 nitrogen and oxygen atoms in total. The molecule has 7 heteroatoms. The van der Waals surface area contributed by atoms with Crippen LogP contribution in [0.15, 0.2) is 0 Å². The molecular formula is C12H23N3O3S. The molecule has 1 N–H and O–H groups in total. The van der Waals surface area contributed by atoms with Crippen molar-refractivity contribution in [1.29, 1.82) is 0 Å². The summed E-state index contributed by atoms with van der Waals surface area (Å²) in [5.74, 6) is 0.104. The Morgan fingerprint density at radius 3 is 2.37 bits per heavy atom. The zero-order chi connectivity index (χ0) is 14.4. The fourth-order valence-electron chi connectivity index (χ4n) is 2.05. The molecule has 0 radical (unpaired) electrons. The molecule has 2 amide bonds. The molecule has 0 bridgehead atoms. The molecule has 1 saturated heterocycles. The molecule has 1 aliphatic heterocycles. The Bertz CT molecular complexity index is 319. The molecule has 1 unspecified atom stereocenters. The van der Waals surface area contributed by atoms with E-state index < -0.39 is 5.97 Å². The topological polar surface area (TPSA) is 64.1 Å². The highest BCUT2D eigenvalue weighted by molar-refractivity contribution is 7.98. The number of nitrogens with zero attached hydrogens (tertiary/aromatic N) is 3. The van der Waals surface area contributed by atoms with E-state index in [4.69, 9.17) is 5.11 Å². The van der Waals surface area contributed by atoms with Crippen LogP contribution in [0.1, 0.15) is 6.92 Å². The van der Waals surface area contributed by atoms with Gasteiger partial charge in [0.15, 0.2) is 0 Å². The zero-order valence-corrected chi connectivity index (χ0v) is 12.7. The van der Waals surface area contributed by atoms with Gasteiger partial charge < -0.3 is 14.9 Å². The van der Waals surface area contributed by atoms with E-state index in [1.54, 1.807) is 21.6 Å². The van der Waals surface area contributed by atoms with Gasteiger partial charge in [0.1, 0.15) is 0 Å². The highest BCUT2D eigenvalue weighted by atomic mass is 32.2. The Morgan fingerprint density at radius 1 is 1.32 bits per heavy atom. The molecule has 1 heterocycles. The quantitative estimate of drug-likeness (QED) is 0.798. The smallest absolute Gasteiger partial charge is 0.320 e. The summed E-state index contributed by atoms with van der Waals surface area (Å²) in [4.78, 5) is 28.3. The van der Waals surface area contributed by atoms with Gasteiger partial charge in [-0.15, -0.1) is 0 Å². The lowest BCUT2D eigenvalue weighted by molar-refractivity contribution is -0.138. The second-order valence-corrected chi connectivity index (χ2v) is 5.77. The van der Waals surface area contributed by atoms with Gasteiger partial charge in [0.2, 0.25) is 0 Å². The summed E-state index contributed by atoms with van der Waals surface area (Å²) in [7, 11) is 1.83. The number of piperazine rings is 1. The lowest BCUT2D eigenvalue weighted by Crippen LogP contribution is -2.54. The summed E-state index contributed by atoms with van der Waals surface area (Å²) in [5.41, 5.74) is 0. The van der Waals surface area contributed by atoms with E-state index in [1.165, 1.54) is 0 Å². The minimum Gasteiger partial charge on any atom is -0.480 e. The van der Waals surface area contributed by atoms with Crippen LogP contribution in [0.5, 0.6) is 0 Å². The molecule has 0 aromatic heterocycles. The van der Waals surface area contributed by atoms with Crippen LogP contribution < -0.4 is 0 Å². The number of urea groups is 1. The van der Waals surface area contributed by atoms with E-state index in [0.29, 0.717) is 26.2 Å². The van der Waals surface area contributed by atoms with Gasteiger partial charge in [-0.25, -0.2) is 4.79 Å². The third-order valence-electron chi connectivity index (χ3n) is 3.37. The van der Waals surface area contributed by atoms with Gasteiger partial charge >= 0.3 is 12.0 Å². The summed E-state index contributed by atoms with van der Waals surface area (Å²) >= 11 is 1.72. The number of aliphatic carboxylic acids is 1. The summed E-state index contributed by atoms with van der Waals surface area (Å²) in [6, 6.07) is 0.246. The molecule has 1 fully saturated rings. The molecule has 1 atom stereocenters. The third kappa shape index (κ3) is 4.91. The average Bonchev–Trinajstić information content (AvgIpc) is 2.37. The number of hydrogen-bond acceptors (Lipinski definition) is 4. The Morgan fingerprint density at radius 2 is 1.89 bits per heavy atom. The fourth-order valence-corrected chi connectivity index (χ4v) is 2.76. The van der Waals surface area contributed by atoms with Crippen LogP contribution in [0.25, 0.3) is 0 Å². The summed E-state index contributed by atoms with van der Waals surface area (Å²) < 4.78 is 0. The van der Waals surface area contributed by atoms with Gasteiger partial charge in [-0.3, -0.25) is 9.69 Å². The molecule has 0 aromatic rings. The molecule has 0 aliphatic carbocycles. The first kappa shape index (κ1) is 16.1. The van der Waals surface area contributed by atoms with Crippen LogP contribution in [-0.2, 0) is 4.79 Å². The second kappa shape index (κ2) is 7.59. The molecule has 0 spiro atoms. The van der Waals surface area contributed by atoms with Crippen LogP contribution in [0.4, 0.5) is 4.79 Å². The number of hydrogen-bond donors (Lipinski definition) is 1. The maximum Gasteiger partial charge on any atom is 0.320 e. The number of rotatable bonds is 5. The molecule has 0 aromatic carbocycles. The first-order chi connectivity index (χ1) is 8.95. The number of carbonyl (C=O) groups excluding carboxylic acids is 1. The van der Waals surface area contributed by atoms with Crippen LogP contribution in [0.2, 0.25) is 0 Å². The standard InChI is InChI=1S/C12H23N3O3S/c1-10(9-19-3)13(2)12(18)15-6-4-14(5-7-15)8-11(16)17/h10H,4-9H2,1-3H3,(H,16,17). The predicted octanol–water partition coefficient (Wildman–Crippen LogP) is 0.492. The van der Waals surface area contributed by atoms with Crippen molar-refractivity contribution in [3.05, 3.63) is 0 Å². The minimum absolute atomic E-state index is 0.0384. The lowest BCUT2D eigenvalue weighted by Gasteiger charge is -2.37. The lowest BCUT2D eigenvalue weighted by atomic mass is 10.3. The van der Waals surface area contributed by atoms with Crippen molar-refractivity contribution in [2.45, 2.75) is 13.0 Å². The number of carbonyl (C=O) groups is 2. The zero-order valence-electron chi connectivity index (χ0n) is 11.8. The predicted molar refractivity (Wildman–Crippen MR) is 76.7 cm³/mol. The van der Waals surface area contributed by atoms with E-state index in [0.717, 1.165) is 5.75 Å². The highest BCUT2D eigenvalue weighted by Crippen LogP contribution is 2.09. The van der Waals surface area contributed by atoms with Gasteiger partial charge in [0, 0.05) is 45.0 Å². The van der Waals surface area contributed by atoms with Crippen molar-refractivity contribution < 1.29 is 14.7 Å². The summed E-state index contributed by atoms with van der Waals surface area (Å²) in [6.07, 6.45) is 2.03. The van der Waals surface area contributed by atoms with E-state index in [2.05, 4.69) is 0 Å². The van der Waals surface area contributed by atoms with E-state index in [9.17, 15) is 9.59 Å².